The van der Waals surface area contributed by atoms with Crippen LogP contribution in [0.25, 0.3) is 21.5 Å². The van der Waals surface area contributed by atoms with E-state index in [1.807, 2.05) is 42.5 Å². The minimum Gasteiger partial charge on any atom is -0.493 e. The second-order valence-corrected chi connectivity index (χ2v) is 5.21. The molecule has 108 valence electrons. The molecule has 0 N–H and O–H groups in total. The lowest BCUT2D eigenvalue weighted by Gasteiger charge is -2.11. The average molecular weight is 287 g/mol. The highest BCUT2D eigenvalue weighted by molar-refractivity contribution is 6.11. The SMILES string of the molecule is C=CCCCOc1cccc2c1cc(C#N)c1ccccc12. The molecule has 0 aromatic heterocycles. The Labute approximate surface area is 130 Å². The van der Waals surface area contributed by atoms with Gasteiger partial charge in [0.2, 0.25) is 0 Å². The fraction of sp³-hybridized carbons (Fsp3) is 0.150. The van der Waals surface area contributed by atoms with Crippen molar-refractivity contribution >= 4 is 21.5 Å². The van der Waals surface area contributed by atoms with E-state index in [4.69, 9.17) is 4.74 Å². The van der Waals surface area contributed by atoms with Crippen molar-refractivity contribution in [2.24, 2.45) is 0 Å². The smallest absolute Gasteiger partial charge is 0.127 e. The maximum Gasteiger partial charge on any atom is 0.127 e. The molecule has 0 amide bonds. The summed E-state index contributed by atoms with van der Waals surface area (Å²) in [7, 11) is 0. The van der Waals surface area contributed by atoms with Crippen LogP contribution in [0.3, 0.4) is 0 Å². The quantitative estimate of drug-likeness (QED) is 0.366. The van der Waals surface area contributed by atoms with Crippen molar-refractivity contribution in [3.63, 3.8) is 0 Å². The van der Waals surface area contributed by atoms with Gasteiger partial charge in [0, 0.05) is 10.8 Å². The minimum atomic E-state index is 0.653. The van der Waals surface area contributed by atoms with E-state index in [9.17, 15) is 5.26 Å². The van der Waals surface area contributed by atoms with Crippen LogP contribution in [-0.4, -0.2) is 6.61 Å². The molecule has 3 aromatic rings. The van der Waals surface area contributed by atoms with Gasteiger partial charge in [0.25, 0.3) is 0 Å². The first-order valence-corrected chi connectivity index (χ1v) is 7.43. The van der Waals surface area contributed by atoms with Gasteiger partial charge in [-0.3, -0.25) is 0 Å². The van der Waals surface area contributed by atoms with Crippen LogP contribution in [-0.2, 0) is 0 Å². The summed E-state index contributed by atoms with van der Waals surface area (Å²) in [5.74, 6) is 0.837. The summed E-state index contributed by atoms with van der Waals surface area (Å²) >= 11 is 0. The summed E-state index contributed by atoms with van der Waals surface area (Å²) in [5.41, 5.74) is 0.685. The number of ether oxygens (including phenoxy) is 1. The van der Waals surface area contributed by atoms with Gasteiger partial charge in [-0.15, -0.1) is 6.58 Å². The number of hydrogen-bond acceptors (Lipinski definition) is 2. The van der Waals surface area contributed by atoms with Crippen LogP contribution in [0.5, 0.6) is 5.75 Å². The maximum atomic E-state index is 9.43. The molecule has 0 saturated carbocycles. The van der Waals surface area contributed by atoms with E-state index in [-0.39, 0.29) is 0 Å². The van der Waals surface area contributed by atoms with Crippen LogP contribution in [0.1, 0.15) is 18.4 Å². The molecule has 0 aliphatic rings. The molecule has 2 nitrogen and oxygen atoms in total. The largest absolute Gasteiger partial charge is 0.493 e. The molecule has 22 heavy (non-hydrogen) atoms. The van der Waals surface area contributed by atoms with Gasteiger partial charge in [0.05, 0.1) is 18.2 Å². The molecule has 0 atom stereocenters. The van der Waals surface area contributed by atoms with Crippen molar-refractivity contribution in [2.75, 3.05) is 6.61 Å². The van der Waals surface area contributed by atoms with Crippen molar-refractivity contribution < 1.29 is 4.74 Å². The van der Waals surface area contributed by atoms with Crippen molar-refractivity contribution in [3.05, 3.63) is 66.7 Å². The fourth-order valence-corrected chi connectivity index (χ4v) is 2.73. The van der Waals surface area contributed by atoms with Gasteiger partial charge in [-0.05, 0) is 35.7 Å². The zero-order valence-electron chi connectivity index (χ0n) is 12.4. The molecule has 0 spiro atoms. The van der Waals surface area contributed by atoms with E-state index in [2.05, 4.69) is 24.8 Å². The molecule has 0 aliphatic heterocycles. The Morgan fingerprint density at radius 3 is 2.50 bits per heavy atom. The predicted molar refractivity (Wildman–Crippen MR) is 91.1 cm³/mol. The molecule has 0 bridgehead atoms. The first-order chi connectivity index (χ1) is 10.8. The Morgan fingerprint density at radius 2 is 1.73 bits per heavy atom. The predicted octanol–water partition coefficient (Wildman–Crippen LogP) is 5.21. The van der Waals surface area contributed by atoms with Gasteiger partial charge in [0.15, 0.2) is 0 Å². The van der Waals surface area contributed by atoms with E-state index in [0.29, 0.717) is 12.2 Å². The van der Waals surface area contributed by atoms with Gasteiger partial charge in [-0.1, -0.05) is 42.5 Å². The van der Waals surface area contributed by atoms with Crippen LogP contribution in [0.4, 0.5) is 0 Å². The summed E-state index contributed by atoms with van der Waals surface area (Å²) in [4.78, 5) is 0. The van der Waals surface area contributed by atoms with Crippen LogP contribution in [0.2, 0.25) is 0 Å². The third-order valence-electron chi connectivity index (χ3n) is 3.79. The molecule has 3 aromatic carbocycles. The second kappa shape index (κ2) is 6.32. The van der Waals surface area contributed by atoms with Gasteiger partial charge in [-0.25, -0.2) is 0 Å². The molecule has 0 radical (unpaired) electrons. The zero-order chi connectivity index (χ0) is 15.4. The Balaban J connectivity index is 2.14. The van der Waals surface area contributed by atoms with Crippen LogP contribution >= 0.6 is 0 Å². The normalized spacial score (nSPS) is 10.5. The minimum absolute atomic E-state index is 0.653. The van der Waals surface area contributed by atoms with Gasteiger partial charge < -0.3 is 4.74 Å². The van der Waals surface area contributed by atoms with Crippen LogP contribution < -0.4 is 4.74 Å². The lowest BCUT2D eigenvalue weighted by atomic mass is 9.97. The lowest BCUT2D eigenvalue weighted by Crippen LogP contribution is -1.97. The third kappa shape index (κ3) is 2.54. The number of hydrogen-bond donors (Lipinski definition) is 0. The Hall–Kier alpha value is -2.79. The molecule has 0 aliphatic carbocycles. The van der Waals surface area contributed by atoms with Crippen molar-refractivity contribution in [1.82, 2.24) is 0 Å². The number of benzene rings is 3. The van der Waals surface area contributed by atoms with Gasteiger partial charge in [-0.2, -0.15) is 5.26 Å². The summed E-state index contributed by atoms with van der Waals surface area (Å²) < 4.78 is 5.91. The molecule has 0 heterocycles. The first-order valence-electron chi connectivity index (χ1n) is 7.43. The molecule has 2 heteroatoms. The fourth-order valence-electron chi connectivity index (χ4n) is 2.73. The van der Waals surface area contributed by atoms with E-state index in [0.717, 1.165) is 40.1 Å². The third-order valence-corrected chi connectivity index (χ3v) is 3.79. The molecule has 3 rings (SSSR count). The number of rotatable bonds is 5. The molecule has 0 saturated heterocycles. The van der Waals surface area contributed by atoms with Gasteiger partial charge >= 0.3 is 0 Å². The Morgan fingerprint density at radius 1 is 1.00 bits per heavy atom. The first kappa shape index (κ1) is 14.2. The van der Waals surface area contributed by atoms with Crippen LogP contribution in [0.15, 0.2) is 61.2 Å². The lowest BCUT2D eigenvalue weighted by molar-refractivity contribution is 0.316. The van der Waals surface area contributed by atoms with E-state index >= 15 is 0 Å². The number of nitrogens with zero attached hydrogens (tertiary/aromatic N) is 1. The van der Waals surface area contributed by atoms with E-state index in [1.165, 1.54) is 0 Å². The highest BCUT2D eigenvalue weighted by Gasteiger charge is 2.09. The number of allylic oxidation sites excluding steroid dienone is 1. The monoisotopic (exact) mass is 287 g/mol. The highest BCUT2D eigenvalue weighted by Crippen LogP contribution is 2.33. The maximum absolute atomic E-state index is 9.43. The summed E-state index contributed by atoms with van der Waals surface area (Å²) in [6, 6.07) is 18.3. The number of unbranched alkanes of at least 4 members (excludes halogenated alkanes) is 1. The van der Waals surface area contributed by atoms with Gasteiger partial charge in [0.1, 0.15) is 5.75 Å². The molecular formula is C20H17NO. The summed E-state index contributed by atoms with van der Waals surface area (Å²) in [5, 5.41) is 13.6. The Kier molecular flexibility index (Phi) is 4.07. The van der Waals surface area contributed by atoms with Crippen molar-refractivity contribution in [1.29, 1.82) is 5.26 Å². The standard InChI is InChI=1S/C20H17NO/c1-2-3-6-12-22-20-11-7-10-18-17-9-5-4-8-16(17)15(14-21)13-19(18)20/h2,4-5,7-11,13H,1,3,6,12H2. The highest BCUT2D eigenvalue weighted by atomic mass is 16.5. The molecule has 0 fully saturated rings. The number of fused-ring (bicyclic) bond motifs is 3. The Bertz CT molecular complexity index is 874. The summed E-state index contributed by atoms with van der Waals surface area (Å²) in [6.45, 7) is 4.37. The van der Waals surface area contributed by atoms with Crippen molar-refractivity contribution in [3.8, 4) is 11.8 Å². The van der Waals surface area contributed by atoms with Crippen molar-refractivity contribution in [2.45, 2.75) is 12.8 Å². The molecular weight excluding hydrogens is 270 g/mol. The zero-order valence-corrected chi connectivity index (χ0v) is 12.4. The topological polar surface area (TPSA) is 33.0 Å². The average Bonchev–Trinajstić information content (AvgIpc) is 2.58. The van der Waals surface area contributed by atoms with E-state index < -0.39 is 0 Å². The summed E-state index contributed by atoms with van der Waals surface area (Å²) in [6.07, 6.45) is 3.78. The van der Waals surface area contributed by atoms with E-state index in [1.54, 1.807) is 0 Å². The van der Waals surface area contributed by atoms with Crippen LogP contribution in [0, 0.1) is 11.3 Å². The molecule has 0 unspecified atom stereocenters. The second-order valence-electron chi connectivity index (χ2n) is 5.21. The number of nitriles is 1.